The van der Waals surface area contributed by atoms with Crippen LogP contribution in [0.5, 0.6) is 0 Å². The Morgan fingerprint density at radius 3 is 2.68 bits per heavy atom. The highest BCUT2D eigenvalue weighted by molar-refractivity contribution is 5.79. The molecule has 1 N–H and O–H groups in total. The molecule has 0 aliphatic carbocycles. The number of aliphatic imine (C=N–C) groups is 1. The molecule has 0 amide bonds. The SMILES string of the molecule is COCCCNC(=NCc1nnc(C)n1C)N(C)Cc1cn(C)nc1C(C)C. The van der Waals surface area contributed by atoms with Gasteiger partial charge in [-0.25, -0.2) is 4.99 Å². The number of hydrogen-bond acceptors (Lipinski definition) is 5. The minimum Gasteiger partial charge on any atom is -0.385 e. The van der Waals surface area contributed by atoms with Crippen LogP contribution in [0.2, 0.25) is 0 Å². The maximum absolute atomic E-state index is 5.15. The Balaban J connectivity index is 2.15. The Morgan fingerprint density at radius 2 is 2.07 bits per heavy atom. The maximum atomic E-state index is 5.15. The predicted octanol–water partition coefficient (Wildman–Crippen LogP) is 1.59. The number of nitrogens with zero attached hydrogens (tertiary/aromatic N) is 7. The first-order valence-corrected chi connectivity index (χ1v) is 9.69. The lowest BCUT2D eigenvalue weighted by Crippen LogP contribution is -2.39. The zero-order chi connectivity index (χ0) is 20.7. The summed E-state index contributed by atoms with van der Waals surface area (Å²) in [5.41, 5.74) is 2.33. The van der Waals surface area contributed by atoms with E-state index >= 15 is 0 Å². The molecule has 0 aliphatic heterocycles. The molecule has 2 aromatic heterocycles. The van der Waals surface area contributed by atoms with E-state index in [1.165, 1.54) is 5.56 Å². The van der Waals surface area contributed by atoms with E-state index in [4.69, 9.17) is 9.73 Å². The Labute approximate surface area is 167 Å². The second-order valence-corrected chi connectivity index (χ2v) is 7.36. The minimum atomic E-state index is 0.376. The lowest BCUT2D eigenvalue weighted by molar-refractivity contribution is 0.195. The van der Waals surface area contributed by atoms with E-state index in [0.717, 1.165) is 42.8 Å². The Kier molecular flexibility index (Phi) is 7.98. The van der Waals surface area contributed by atoms with Gasteiger partial charge in [-0.05, 0) is 19.3 Å². The number of aromatic nitrogens is 5. The van der Waals surface area contributed by atoms with E-state index in [1.807, 2.05) is 37.3 Å². The highest BCUT2D eigenvalue weighted by Gasteiger charge is 2.15. The van der Waals surface area contributed by atoms with Gasteiger partial charge in [-0.3, -0.25) is 4.68 Å². The van der Waals surface area contributed by atoms with Crippen LogP contribution in [0.3, 0.4) is 0 Å². The van der Waals surface area contributed by atoms with E-state index in [0.29, 0.717) is 19.1 Å². The van der Waals surface area contributed by atoms with Gasteiger partial charge in [0.25, 0.3) is 0 Å². The van der Waals surface area contributed by atoms with Crippen LogP contribution in [0, 0.1) is 6.92 Å². The van der Waals surface area contributed by atoms with Crippen LogP contribution < -0.4 is 5.32 Å². The van der Waals surface area contributed by atoms with Gasteiger partial charge in [0.2, 0.25) is 0 Å². The molecule has 0 spiro atoms. The van der Waals surface area contributed by atoms with Crippen molar-refractivity contribution in [3.63, 3.8) is 0 Å². The van der Waals surface area contributed by atoms with Crippen molar-refractivity contribution >= 4 is 5.96 Å². The third-order valence-corrected chi connectivity index (χ3v) is 4.61. The van der Waals surface area contributed by atoms with Crippen LogP contribution in [-0.4, -0.2) is 62.7 Å². The molecule has 0 radical (unpaired) electrons. The molecule has 0 atom stereocenters. The maximum Gasteiger partial charge on any atom is 0.194 e. The number of aryl methyl sites for hydroxylation is 2. The first kappa shape index (κ1) is 21.9. The van der Waals surface area contributed by atoms with Crippen molar-refractivity contribution in [3.8, 4) is 0 Å². The highest BCUT2D eigenvalue weighted by Crippen LogP contribution is 2.18. The topological polar surface area (TPSA) is 85.4 Å². The summed E-state index contributed by atoms with van der Waals surface area (Å²) in [6, 6.07) is 0. The van der Waals surface area contributed by atoms with Crippen LogP contribution in [0.4, 0.5) is 0 Å². The molecule has 156 valence electrons. The van der Waals surface area contributed by atoms with Gasteiger partial charge in [-0.2, -0.15) is 5.10 Å². The van der Waals surface area contributed by atoms with Crippen molar-refractivity contribution in [3.05, 3.63) is 29.1 Å². The molecule has 0 fully saturated rings. The fourth-order valence-corrected chi connectivity index (χ4v) is 2.96. The first-order valence-electron chi connectivity index (χ1n) is 9.69. The van der Waals surface area contributed by atoms with Gasteiger partial charge >= 0.3 is 0 Å². The highest BCUT2D eigenvalue weighted by atomic mass is 16.5. The van der Waals surface area contributed by atoms with Crippen LogP contribution in [0.25, 0.3) is 0 Å². The van der Waals surface area contributed by atoms with E-state index in [9.17, 15) is 0 Å². The van der Waals surface area contributed by atoms with Crippen molar-refractivity contribution in [1.82, 2.24) is 34.8 Å². The Bertz CT molecular complexity index is 777. The van der Waals surface area contributed by atoms with Crippen molar-refractivity contribution in [1.29, 1.82) is 0 Å². The van der Waals surface area contributed by atoms with E-state index in [2.05, 4.69) is 45.6 Å². The van der Waals surface area contributed by atoms with Crippen molar-refractivity contribution in [2.24, 2.45) is 19.1 Å². The molecule has 28 heavy (non-hydrogen) atoms. The summed E-state index contributed by atoms with van der Waals surface area (Å²) in [4.78, 5) is 6.91. The molecular weight excluding hydrogens is 356 g/mol. The zero-order valence-corrected chi connectivity index (χ0v) is 18.2. The summed E-state index contributed by atoms with van der Waals surface area (Å²) < 4.78 is 8.99. The average molecular weight is 391 g/mol. The Hall–Kier alpha value is -2.42. The number of guanidine groups is 1. The second-order valence-electron chi connectivity index (χ2n) is 7.36. The van der Waals surface area contributed by atoms with Crippen molar-refractivity contribution in [2.75, 3.05) is 27.3 Å². The summed E-state index contributed by atoms with van der Waals surface area (Å²) in [5.74, 6) is 2.92. The van der Waals surface area contributed by atoms with Crippen LogP contribution in [-0.2, 0) is 31.9 Å². The van der Waals surface area contributed by atoms with Crippen molar-refractivity contribution in [2.45, 2.75) is 46.2 Å². The Morgan fingerprint density at radius 1 is 1.32 bits per heavy atom. The van der Waals surface area contributed by atoms with Gasteiger partial charge in [0.1, 0.15) is 12.4 Å². The fourth-order valence-electron chi connectivity index (χ4n) is 2.96. The van der Waals surface area contributed by atoms with E-state index in [-0.39, 0.29) is 0 Å². The standard InChI is InChI=1S/C19H34N8O/c1-14(2)18-16(13-26(5)24-18)12-25(4)19(20-9-8-10-28-7)21-11-17-23-22-15(3)27(17)6/h13-14H,8-12H2,1-7H3,(H,20,21). The fraction of sp³-hybridized carbons (Fsp3) is 0.684. The molecule has 2 rings (SSSR count). The lowest BCUT2D eigenvalue weighted by atomic mass is 10.1. The lowest BCUT2D eigenvalue weighted by Gasteiger charge is -2.23. The molecule has 9 heteroatoms. The van der Waals surface area contributed by atoms with Gasteiger partial charge in [-0.1, -0.05) is 13.8 Å². The first-order chi connectivity index (χ1) is 13.3. The third-order valence-electron chi connectivity index (χ3n) is 4.61. The average Bonchev–Trinajstić information content (AvgIpc) is 3.17. The molecule has 2 heterocycles. The number of rotatable bonds is 9. The molecule has 0 aliphatic rings. The molecule has 0 bridgehead atoms. The summed E-state index contributed by atoms with van der Waals surface area (Å²) in [6.07, 6.45) is 3.00. The normalized spacial score (nSPS) is 12.1. The van der Waals surface area contributed by atoms with Crippen LogP contribution in [0.15, 0.2) is 11.2 Å². The molecule has 0 aromatic carbocycles. The molecular formula is C19H34N8O. The van der Waals surface area contributed by atoms with E-state index < -0.39 is 0 Å². The monoisotopic (exact) mass is 390 g/mol. The number of nitrogens with one attached hydrogen (secondary N) is 1. The second kappa shape index (κ2) is 10.2. The number of hydrogen-bond donors (Lipinski definition) is 1. The molecule has 0 saturated heterocycles. The number of methoxy groups -OCH3 is 1. The van der Waals surface area contributed by atoms with Gasteiger partial charge in [0, 0.05) is 59.7 Å². The predicted molar refractivity (Wildman–Crippen MR) is 110 cm³/mol. The smallest absolute Gasteiger partial charge is 0.194 e. The minimum absolute atomic E-state index is 0.376. The summed E-state index contributed by atoms with van der Waals surface area (Å²) >= 11 is 0. The quantitative estimate of drug-likeness (QED) is 0.398. The van der Waals surface area contributed by atoms with Gasteiger partial charge in [0.05, 0.1) is 5.69 Å². The molecule has 0 unspecified atom stereocenters. The largest absolute Gasteiger partial charge is 0.385 e. The third kappa shape index (κ3) is 5.79. The van der Waals surface area contributed by atoms with Gasteiger partial charge in [-0.15, -0.1) is 10.2 Å². The van der Waals surface area contributed by atoms with E-state index in [1.54, 1.807) is 7.11 Å². The van der Waals surface area contributed by atoms with Crippen LogP contribution in [0.1, 0.15) is 49.1 Å². The summed E-state index contributed by atoms with van der Waals surface area (Å²) in [6.45, 7) is 8.98. The summed E-state index contributed by atoms with van der Waals surface area (Å²) in [7, 11) is 7.68. The van der Waals surface area contributed by atoms with Gasteiger partial charge < -0.3 is 19.5 Å². The van der Waals surface area contributed by atoms with Crippen molar-refractivity contribution < 1.29 is 4.74 Å². The molecule has 9 nitrogen and oxygen atoms in total. The molecule has 0 saturated carbocycles. The number of ether oxygens (including phenoxy) is 1. The van der Waals surface area contributed by atoms with Crippen LogP contribution >= 0.6 is 0 Å². The zero-order valence-electron chi connectivity index (χ0n) is 18.2. The van der Waals surface area contributed by atoms with Gasteiger partial charge in [0.15, 0.2) is 11.8 Å². The molecule has 2 aromatic rings. The summed E-state index contributed by atoms with van der Waals surface area (Å²) in [5, 5.41) is 16.4.